The summed E-state index contributed by atoms with van der Waals surface area (Å²) in [5.74, 6) is 0.867. The molecule has 208 valence electrons. The Morgan fingerprint density at radius 2 is 1.79 bits per heavy atom. The van der Waals surface area contributed by atoms with Gasteiger partial charge in [-0.1, -0.05) is 44.5 Å². The van der Waals surface area contributed by atoms with Crippen LogP contribution in [0, 0.1) is 6.92 Å². The molecule has 0 saturated carbocycles. The molecule has 3 aromatic rings. The lowest BCUT2D eigenvalue weighted by Gasteiger charge is -2.35. The summed E-state index contributed by atoms with van der Waals surface area (Å²) in [5, 5.41) is 15.7. The first-order chi connectivity index (χ1) is 18.2. The van der Waals surface area contributed by atoms with E-state index >= 15 is 0 Å². The van der Waals surface area contributed by atoms with Gasteiger partial charge in [0.1, 0.15) is 12.4 Å². The molecule has 3 heterocycles. The highest BCUT2D eigenvalue weighted by molar-refractivity contribution is 6.33. The highest BCUT2D eigenvalue weighted by Gasteiger charge is 2.32. The van der Waals surface area contributed by atoms with Crippen LogP contribution in [0.15, 0.2) is 35.0 Å². The van der Waals surface area contributed by atoms with Gasteiger partial charge in [-0.25, -0.2) is 9.78 Å². The number of nitrogens with one attached hydrogen (secondary N) is 1. The van der Waals surface area contributed by atoms with Crippen LogP contribution in [0.5, 0.6) is 0 Å². The lowest BCUT2D eigenvalue weighted by Crippen LogP contribution is -2.50. The van der Waals surface area contributed by atoms with Crippen LogP contribution in [-0.2, 0) is 12.8 Å². The normalized spacial score (nSPS) is 13.2. The van der Waals surface area contributed by atoms with Gasteiger partial charge < -0.3 is 24.7 Å². The van der Waals surface area contributed by atoms with E-state index in [1.807, 2.05) is 32.6 Å². The van der Waals surface area contributed by atoms with Gasteiger partial charge >= 0.3 is 12.2 Å². The van der Waals surface area contributed by atoms with Crippen molar-refractivity contribution in [2.75, 3.05) is 36.4 Å². The van der Waals surface area contributed by atoms with Crippen molar-refractivity contribution in [3.8, 4) is 11.5 Å². The number of carbonyl (C=O) groups is 1. The molecule has 0 spiro atoms. The molecule has 1 aliphatic heterocycles. The summed E-state index contributed by atoms with van der Waals surface area (Å²) in [6, 6.07) is 4.73. The molecule has 0 bridgehead atoms. The number of amides is 2. The van der Waals surface area contributed by atoms with Gasteiger partial charge in [-0.2, -0.15) is 18.2 Å². The Morgan fingerprint density at radius 1 is 1.13 bits per heavy atom. The van der Waals surface area contributed by atoms with E-state index in [1.54, 1.807) is 11.0 Å². The Labute approximate surface area is 224 Å². The summed E-state index contributed by atoms with van der Waals surface area (Å²) in [7, 11) is 0. The number of anilines is 2. The highest BCUT2D eigenvalue weighted by atomic mass is 35.5. The van der Waals surface area contributed by atoms with Crippen molar-refractivity contribution in [1.29, 1.82) is 0 Å². The smallest absolute Gasteiger partial charge is 0.388 e. The molecule has 1 aliphatic rings. The number of pyridine rings is 1. The molecule has 1 saturated heterocycles. The van der Waals surface area contributed by atoms with E-state index in [2.05, 4.69) is 20.4 Å². The zero-order chi connectivity index (χ0) is 28.5. The second-order valence-corrected chi connectivity index (χ2v) is 8.04. The number of piperazine rings is 1. The summed E-state index contributed by atoms with van der Waals surface area (Å²) in [6.45, 7) is 10.7. The van der Waals surface area contributed by atoms with E-state index in [9.17, 15) is 18.0 Å². The molecule has 0 aliphatic carbocycles. The number of carbonyl (C=O) groups excluding carboxylic acids is 1. The van der Waals surface area contributed by atoms with E-state index in [4.69, 9.17) is 21.2 Å². The van der Waals surface area contributed by atoms with Crippen LogP contribution in [0.3, 0.4) is 0 Å². The van der Waals surface area contributed by atoms with E-state index in [0.717, 1.165) is 6.07 Å². The van der Waals surface area contributed by atoms with Crippen molar-refractivity contribution in [3.63, 3.8) is 0 Å². The van der Waals surface area contributed by atoms with Gasteiger partial charge in [-0.05, 0) is 36.8 Å². The fourth-order valence-electron chi connectivity index (χ4n) is 3.60. The van der Waals surface area contributed by atoms with Gasteiger partial charge in [0.25, 0.3) is 5.89 Å². The SMILES string of the molecule is CC.CC.Cc1cc(NC(=O)N2CCN(c3ncc(-c4nc(CO)no4)cc3Cl)CC2)ccc1C(F)(F)F. The van der Waals surface area contributed by atoms with Gasteiger partial charge in [0.2, 0.25) is 0 Å². The Kier molecular flexibility index (Phi) is 11.3. The summed E-state index contributed by atoms with van der Waals surface area (Å²) in [6.07, 6.45) is -2.91. The Morgan fingerprint density at radius 3 is 2.32 bits per heavy atom. The summed E-state index contributed by atoms with van der Waals surface area (Å²) in [5.41, 5.74) is 0.101. The standard InChI is InChI=1S/C21H20ClF3N6O3.2C2H6/c1-12-8-14(2-3-15(12)21(23,24)25)27-20(33)31-6-4-30(5-7-31)18-16(22)9-13(10-26-18)19-28-17(11-32)29-34-19;2*1-2/h2-3,8-10,32H,4-7,11H2,1H3,(H,27,33);2*1-2H3. The third-order valence-electron chi connectivity index (χ3n) is 5.33. The quantitative estimate of drug-likeness (QED) is 0.405. The van der Waals surface area contributed by atoms with Crippen molar-refractivity contribution in [2.24, 2.45) is 0 Å². The van der Waals surface area contributed by atoms with Crippen LogP contribution >= 0.6 is 11.6 Å². The van der Waals surface area contributed by atoms with Gasteiger partial charge in [0, 0.05) is 38.1 Å². The minimum atomic E-state index is -4.44. The number of rotatable bonds is 4. The molecule has 1 aromatic carbocycles. The van der Waals surface area contributed by atoms with Crippen molar-refractivity contribution in [2.45, 2.75) is 47.4 Å². The third-order valence-corrected chi connectivity index (χ3v) is 5.61. The van der Waals surface area contributed by atoms with Gasteiger partial charge in [0.15, 0.2) is 5.82 Å². The summed E-state index contributed by atoms with van der Waals surface area (Å²) >= 11 is 6.40. The summed E-state index contributed by atoms with van der Waals surface area (Å²) < 4.78 is 43.8. The molecule has 9 nitrogen and oxygen atoms in total. The highest BCUT2D eigenvalue weighted by Crippen LogP contribution is 2.33. The fraction of sp³-hybridized carbons (Fsp3) is 0.440. The number of aliphatic hydroxyl groups excluding tert-OH is 1. The predicted octanol–water partition coefficient (Wildman–Crippen LogP) is 6.01. The number of urea groups is 1. The first-order valence-electron chi connectivity index (χ1n) is 12.2. The molecular formula is C25H32ClF3N6O3. The molecule has 1 fully saturated rings. The molecule has 4 rings (SSSR count). The molecular weight excluding hydrogens is 525 g/mol. The molecule has 13 heteroatoms. The van der Waals surface area contributed by atoms with Crippen molar-refractivity contribution in [1.82, 2.24) is 20.0 Å². The number of hydrogen-bond donors (Lipinski definition) is 2. The Balaban J connectivity index is 0.00000121. The maximum atomic E-state index is 12.9. The maximum absolute atomic E-state index is 12.9. The number of halogens is 4. The van der Waals surface area contributed by atoms with E-state index in [0.29, 0.717) is 48.3 Å². The van der Waals surface area contributed by atoms with Crippen molar-refractivity contribution in [3.05, 3.63) is 52.4 Å². The molecule has 2 N–H and O–H groups in total. The van der Waals surface area contributed by atoms with E-state index < -0.39 is 17.8 Å². The monoisotopic (exact) mass is 556 g/mol. The summed E-state index contributed by atoms with van der Waals surface area (Å²) in [4.78, 5) is 24.5. The first-order valence-corrected chi connectivity index (χ1v) is 12.6. The van der Waals surface area contributed by atoms with Crippen LogP contribution < -0.4 is 10.2 Å². The fourth-order valence-corrected chi connectivity index (χ4v) is 3.89. The first kappa shape index (κ1) is 30.8. The number of aryl methyl sites for hydroxylation is 1. The molecule has 0 radical (unpaired) electrons. The Bertz CT molecular complexity index is 1200. The van der Waals surface area contributed by atoms with E-state index in [-0.39, 0.29) is 23.9 Å². The van der Waals surface area contributed by atoms with E-state index in [1.165, 1.54) is 25.3 Å². The number of aliphatic hydroxyl groups is 1. The number of alkyl halides is 3. The lowest BCUT2D eigenvalue weighted by molar-refractivity contribution is -0.138. The van der Waals surface area contributed by atoms with Crippen LogP contribution in [-0.4, -0.2) is 57.3 Å². The second kappa shape index (κ2) is 14.0. The third kappa shape index (κ3) is 7.57. The van der Waals surface area contributed by atoms with Crippen LogP contribution in [0.2, 0.25) is 5.02 Å². The van der Waals surface area contributed by atoms with Gasteiger partial charge in [0.05, 0.1) is 16.1 Å². The minimum absolute atomic E-state index is 0.0346. The van der Waals surface area contributed by atoms with Crippen LogP contribution in [0.25, 0.3) is 11.5 Å². The van der Waals surface area contributed by atoms with Crippen molar-refractivity contribution < 1.29 is 27.6 Å². The number of benzene rings is 1. The van der Waals surface area contributed by atoms with Crippen LogP contribution in [0.1, 0.15) is 44.6 Å². The molecule has 0 atom stereocenters. The van der Waals surface area contributed by atoms with Gasteiger partial charge in [-0.15, -0.1) is 0 Å². The zero-order valence-corrected chi connectivity index (χ0v) is 22.7. The van der Waals surface area contributed by atoms with Gasteiger partial charge in [-0.3, -0.25) is 0 Å². The predicted molar refractivity (Wildman–Crippen MR) is 140 cm³/mol. The second-order valence-electron chi connectivity index (χ2n) is 7.64. The Hall–Kier alpha value is -3.38. The number of aromatic nitrogens is 3. The topological polar surface area (TPSA) is 108 Å². The number of nitrogens with zero attached hydrogens (tertiary/aromatic N) is 5. The zero-order valence-electron chi connectivity index (χ0n) is 21.9. The largest absolute Gasteiger partial charge is 0.416 e. The molecule has 2 aromatic heterocycles. The molecule has 0 unspecified atom stereocenters. The minimum Gasteiger partial charge on any atom is -0.388 e. The molecule has 2 amide bonds. The average molecular weight is 557 g/mol. The van der Waals surface area contributed by atoms with Crippen LogP contribution in [0.4, 0.5) is 29.5 Å². The van der Waals surface area contributed by atoms with Crippen molar-refractivity contribution >= 4 is 29.1 Å². The molecule has 38 heavy (non-hydrogen) atoms. The lowest BCUT2D eigenvalue weighted by atomic mass is 10.1. The average Bonchev–Trinajstić information content (AvgIpc) is 3.40. The number of hydrogen-bond acceptors (Lipinski definition) is 7. The maximum Gasteiger partial charge on any atom is 0.416 e.